The Morgan fingerprint density at radius 3 is 2.29 bits per heavy atom. The van der Waals surface area contributed by atoms with Gasteiger partial charge in [-0.2, -0.15) is 5.10 Å². The van der Waals surface area contributed by atoms with Gasteiger partial charge in [-0.15, -0.1) is 0 Å². The van der Waals surface area contributed by atoms with Gasteiger partial charge < -0.3 is 9.84 Å². The van der Waals surface area contributed by atoms with Crippen LogP contribution < -0.4 is 10.1 Å². The van der Waals surface area contributed by atoms with Crippen molar-refractivity contribution in [2.75, 3.05) is 5.32 Å². The average Bonchev–Trinajstić information content (AvgIpc) is 3.13. The Morgan fingerprint density at radius 1 is 1.10 bits per heavy atom. The van der Waals surface area contributed by atoms with Gasteiger partial charge in [0.2, 0.25) is 0 Å². The summed E-state index contributed by atoms with van der Waals surface area (Å²) in [4.78, 5) is 23.9. The Balaban J connectivity index is 1.91. The number of anilines is 1. The van der Waals surface area contributed by atoms with Crippen LogP contribution in [0, 0.1) is 0 Å². The van der Waals surface area contributed by atoms with E-state index in [0.717, 1.165) is 11.3 Å². The van der Waals surface area contributed by atoms with Crippen LogP contribution >= 0.6 is 0 Å². The first-order chi connectivity index (χ1) is 14.7. The number of ether oxygens (including phenoxy) is 1. The highest BCUT2D eigenvalue weighted by atomic mass is 16.6. The first-order valence-corrected chi connectivity index (χ1v) is 10.2. The lowest BCUT2D eigenvalue weighted by molar-refractivity contribution is -0.138. The van der Waals surface area contributed by atoms with E-state index >= 15 is 0 Å². The normalized spacial score (nSPS) is 12.3. The van der Waals surface area contributed by atoms with Gasteiger partial charge >= 0.3 is 12.1 Å². The molecule has 0 saturated heterocycles. The van der Waals surface area contributed by atoms with Gasteiger partial charge in [-0.25, -0.2) is 9.48 Å². The fourth-order valence-corrected chi connectivity index (χ4v) is 3.16. The number of carboxylic acid groups (broad SMARTS) is 1. The summed E-state index contributed by atoms with van der Waals surface area (Å²) >= 11 is 0. The molecule has 3 aromatic rings. The molecule has 0 radical (unpaired) electrons. The lowest BCUT2D eigenvalue weighted by Crippen LogP contribution is -2.19. The van der Waals surface area contributed by atoms with Crippen LogP contribution in [0.15, 0.2) is 60.7 Å². The molecule has 0 aliphatic heterocycles. The van der Waals surface area contributed by atoms with E-state index in [1.54, 1.807) is 53.2 Å². The molecule has 7 heteroatoms. The lowest BCUT2D eigenvalue weighted by Gasteiger charge is -2.14. The molecule has 3 rings (SSSR count). The van der Waals surface area contributed by atoms with Gasteiger partial charge in [-0.1, -0.05) is 58.0 Å². The van der Waals surface area contributed by atoms with E-state index in [9.17, 15) is 14.7 Å². The fourth-order valence-electron chi connectivity index (χ4n) is 3.16. The molecule has 0 spiro atoms. The van der Waals surface area contributed by atoms with Crippen molar-refractivity contribution in [2.45, 2.75) is 45.4 Å². The predicted octanol–water partition coefficient (Wildman–Crippen LogP) is 5.36. The van der Waals surface area contributed by atoms with Crippen LogP contribution in [0.2, 0.25) is 0 Å². The van der Waals surface area contributed by atoms with Crippen LogP contribution in [-0.2, 0) is 10.2 Å². The Labute approximate surface area is 181 Å². The summed E-state index contributed by atoms with van der Waals surface area (Å²) in [5.74, 6) is -0.514. The predicted molar refractivity (Wildman–Crippen MR) is 119 cm³/mol. The minimum absolute atomic E-state index is 0.235. The number of nitrogens with one attached hydrogen (secondary N) is 1. The van der Waals surface area contributed by atoms with Crippen LogP contribution in [0.25, 0.3) is 5.69 Å². The van der Waals surface area contributed by atoms with E-state index in [2.05, 4.69) is 10.4 Å². The second-order valence-electron chi connectivity index (χ2n) is 8.29. The molecule has 0 fully saturated rings. The Hall–Kier alpha value is -3.61. The number of hydrogen-bond donors (Lipinski definition) is 2. The van der Waals surface area contributed by atoms with Crippen LogP contribution in [0.3, 0.4) is 0 Å². The van der Waals surface area contributed by atoms with Crippen molar-refractivity contribution in [3.05, 3.63) is 71.9 Å². The summed E-state index contributed by atoms with van der Waals surface area (Å²) in [6.07, 6.45) is -0.121. The summed E-state index contributed by atoms with van der Waals surface area (Å²) in [7, 11) is 0. The van der Waals surface area contributed by atoms with E-state index in [-0.39, 0.29) is 5.41 Å². The van der Waals surface area contributed by atoms with Gasteiger partial charge in [-0.3, -0.25) is 10.1 Å². The number of benzene rings is 2. The van der Waals surface area contributed by atoms with Gasteiger partial charge in [0.25, 0.3) is 0 Å². The minimum atomic E-state index is -0.852. The summed E-state index contributed by atoms with van der Waals surface area (Å²) < 4.78 is 6.96. The Morgan fingerprint density at radius 2 is 1.74 bits per heavy atom. The van der Waals surface area contributed by atoms with Gasteiger partial charge in [-0.05, 0) is 36.2 Å². The number of amides is 1. The van der Waals surface area contributed by atoms with Crippen LogP contribution in [-0.4, -0.2) is 26.9 Å². The second-order valence-corrected chi connectivity index (χ2v) is 8.29. The molecule has 1 heterocycles. The molecular formula is C24H27N3O4. The van der Waals surface area contributed by atoms with Crippen molar-refractivity contribution in [3.63, 3.8) is 0 Å². The number of carbonyl (C=O) groups excluding carboxylic acids is 1. The maximum Gasteiger partial charge on any atom is 0.418 e. The summed E-state index contributed by atoms with van der Waals surface area (Å²) in [6, 6.07) is 17.8. The molecule has 0 aliphatic carbocycles. The van der Waals surface area contributed by atoms with E-state index in [0.29, 0.717) is 23.7 Å². The maximum atomic E-state index is 12.4. The van der Waals surface area contributed by atoms with Gasteiger partial charge in [0.15, 0.2) is 0 Å². The molecular weight excluding hydrogens is 394 g/mol. The van der Waals surface area contributed by atoms with Crippen LogP contribution in [0.1, 0.15) is 51.3 Å². The zero-order valence-corrected chi connectivity index (χ0v) is 18.1. The van der Waals surface area contributed by atoms with Crippen LogP contribution in [0.4, 0.5) is 10.6 Å². The minimum Gasteiger partial charge on any atom is -0.481 e. The van der Waals surface area contributed by atoms with Gasteiger partial charge in [0, 0.05) is 11.5 Å². The molecule has 31 heavy (non-hydrogen) atoms. The number of aromatic nitrogens is 2. The molecule has 1 amide bonds. The number of hydrogen-bond acceptors (Lipinski definition) is 4. The summed E-state index contributed by atoms with van der Waals surface area (Å²) in [5, 5.41) is 16.8. The first-order valence-electron chi connectivity index (χ1n) is 10.2. The fraction of sp³-hybridized carbons (Fsp3) is 0.292. The highest BCUT2D eigenvalue weighted by Crippen LogP contribution is 2.28. The van der Waals surface area contributed by atoms with Gasteiger partial charge in [0.1, 0.15) is 11.6 Å². The number of carbonyl (C=O) groups is 2. The zero-order valence-electron chi connectivity index (χ0n) is 18.1. The van der Waals surface area contributed by atoms with Crippen molar-refractivity contribution < 1.29 is 19.4 Å². The number of para-hydroxylation sites is 1. The lowest BCUT2D eigenvalue weighted by atomic mass is 9.92. The molecule has 1 unspecified atom stereocenters. The largest absolute Gasteiger partial charge is 0.481 e. The van der Waals surface area contributed by atoms with Gasteiger partial charge in [0.05, 0.1) is 17.3 Å². The standard InChI is InChI=1S/C24H27N3O4/c1-5-19(22(28)29)16-11-13-17(14-12-16)27-21(15-20(26-27)24(2,3)4)25-23(30)31-18-9-7-6-8-10-18/h6-15,19H,5H2,1-4H3,(H,25,30)(H,28,29). The smallest absolute Gasteiger partial charge is 0.418 e. The monoisotopic (exact) mass is 421 g/mol. The summed E-state index contributed by atoms with van der Waals surface area (Å²) in [5.41, 5.74) is 1.99. The number of carboxylic acids is 1. The second kappa shape index (κ2) is 9.04. The molecule has 0 saturated carbocycles. The zero-order chi connectivity index (χ0) is 22.6. The Bertz CT molecular complexity index is 1050. The molecule has 7 nitrogen and oxygen atoms in total. The molecule has 0 bridgehead atoms. The molecule has 162 valence electrons. The van der Waals surface area contributed by atoms with Crippen molar-refractivity contribution in [1.82, 2.24) is 9.78 Å². The van der Waals surface area contributed by atoms with E-state index in [1.165, 1.54) is 0 Å². The maximum absolute atomic E-state index is 12.4. The SMILES string of the molecule is CCC(C(=O)O)c1ccc(-n2nc(C(C)(C)C)cc2NC(=O)Oc2ccccc2)cc1. The van der Waals surface area contributed by atoms with E-state index in [1.807, 2.05) is 39.8 Å². The average molecular weight is 421 g/mol. The highest BCUT2D eigenvalue weighted by molar-refractivity contribution is 5.85. The Kier molecular flexibility index (Phi) is 6.44. The molecule has 0 aliphatic rings. The number of aliphatic carboxylic acids is 1. The first kappa shape index (κ1) is 22.1. The quantitative estimate of drug-likeness (QED) is 0.559. The van der Waals surface area contributed by atoms with Crippen molar-refractivity contribution >= 4 is 17.9 Å². The third-order valence-corrected chi connectivity index (χ3v) is 4.91. The van der Waals surface area contributed by atoms with Crippen molar-refractivity contribution in [1.29, 1.82) is 0 Å². The highest BCUT2D eigenvalue weighted by Gasteiger charge is 2.23. The van der Waals surface area contributed by atoms with Crippen molar-refractivity contribution in [3.8, 4) is 11.4 Å². The van der Waals surface area contributed by atoms with E-state index < -0.39 is 18.0 Å². The van der Waals surface area contributed by atoms with Crippen molar-refractivity contribution in [2.24, 2.45) is 0 Å². The third-order valence-electron chi connectivity index (χ3n) is 4.91. The molecule has 2 aromatic carbocycles. The molecule has 1 atom stereocenters. The van der Waals surface area contributed by atoms with E-state index in [4.69, 9.17) is 4.74 Å². The number of rotatable bonds is 6. The number of nitrogens with zero attached hydrogens (tertiary/aromatic N) is 2. The molecule has 2 N–H and O–H groups in total. The van der Waals surface area contributed by atoms with Crippen LogP contribution in [0.5, 0.6) is 5.75 Å². The molecule has 1 aromatic heterocycles. The third kappa shape index (κ3) is 5.31. The summed E-state index contributed by atoms with van der Waals surface area (Å²) in [6.45, 7) is 7.95. The topological polar surface area (TPSA) is 93.5 Å².